The topological polar surface area (TPSA) is 29.9 Å². The Kier molecular flexibility index (Phi) is 2.95. The van der Waals surface area contributed by atoms with Crippen LogP contribution in [0.2, 0.25) is 0 Å². The van der Waals surface area contributed by atoms with E-state index >= 15 is 0 Å². The summed E-state index contributed by atoms with van der Waals surface area (Å²) in [6, 6.07) is 1.89. The number of nitrogens with zero attached hydrogens (tertiary/aromatic N) is 2. The Bertz CT molecular complexity index is 379. The molecule has 0 amide bonds. The van der Waals surface area contributed by atoms with Crippen molar-refractivity contribution in [2.24, 2.45) is 5.92 Å². The van der Waals surface area contributed by atoms with Gasteiger partial charge in [0.2, 0.25) is 0 Å². The Hall–Kier alpha value is -0.830. The number of aromatic nitrogens is 2. The van der Waals surface area contributed by atoms with Gasteiger partial charge in [-0.05, 0) is 44.9 Å². The van der Waals surface area contributed by atoms with Crippen LogP contribution in [0.5, 0.6) is 0 Å². The van der Waals surface area contributed by atoms with Gasteiger partial charge in [-0.15, -0.1) is 0 Å². The average Bonchev–Trinajstić information content (AvgIpc) is 2.73. The van der Waals surface area contributed by atoms with E-state index in [4.69, 9.17) is 0 Å². The zero-order chi connectivity index (χ0) is 11.8. The Morgan fingerprint density at radius 3 is 2.82 bits per heavy atom. The van der Waals surface area contributed by atoms with E-state index in [1.54, 1.807) is 0 Å². The van der Waals surface area contributed by atoms with Crippen molar-refractivity contribution in [1.82, 2.24) is 14.9 Å². The minimum atomic E-state index is 0.525. The van der Waals surface area contributed by atoms with Gasteiger partial charge in [-0.1, -0.05) is 6.92 Å². The first-order chi connectivity index (χ1) is 8.24. The summed E-state index contributed by atoms with van der Waals surface area (Å²) >= 11 is 0. The zero-order valence-corrected chi connectivity index (χ0v) is 10.9. The quantitative estimate of drug-likeness (QED) is 0.851. The summed E-state index contributed by atoms with van der Waals surface area (Å²) in [5.74, 6) is 0.897. The molecule has 1 aliphatic heterocycles. The summed E-state index contributed by atoms with van der Waals surface area (Å²) in [5.41, 5.74) is 1.41. The highest BCUT2D eigenvalue weighted by molar-refractivity contribution is 5.09. The lowest BCUT2D eigenvalue weighted by molar-refractivity contribution is 0.204. The average molecular weight is 233 g/mol. The molecule has 2 unspecified atom stereocenters. The minimum Gasteiger partial charge on any atom is -0.330 e. The van der Waals surface area contributed by atoms with E-state index in [-0.39, 0.29) is 0 Å². The third-order valence-electron chi connectivity index (χ3n) is 4.41. The fourth-order valence-corrected chi connectivity index (χ4v) is 3.35. The molecular weight excluding hydrogens is 210 g/mol. The third-order valence-corrected chi connectivity index (χ3v) is 4.41. The smallest absolute Gasteiger partial charge is 0.0951 e. The lowest BCUT2D eigenvalue weighted by Gasteiger charge is -2.37. The first-order valence-corrected chi connectivity index (χ1v) is 7.02. The van der Waals surface area contributed by atoms with Crippen LogP contribution in [-0.2, 0) is 0 Å². The molecule has 1 aromatic heterocycles. The first kappa shape index (κ1) is 11.3. The second-order valence-electron chi connectivity index (χ2n) is 6.01. The van der Waals surface area contributed by atoms with Crippen molar-refractivity contribution in [3.8, 4) is 0 Å². The summed E-state index contributed by atoms with van der Waals surface area (Å²) < 4.78 is 2.43. The van der Waals surface area contributed by atoms with Crippen LogP contribution in [-0.4, -0.2) is 15.6 Å². The van der Waals surface area contributed by atoms with Crippen LogP contribution in [0.1, 0.15) is 63.7 Å². The van der Waals surface area contributed by atoms with Gasteiger partial charge in [0, 0.05) is 24.3 Å². The highest BCUT2D eigenvalue weighted by atomic mass is 15.1. The molecule has 2 heterocycles. The van der Waals surface area contributed by atoms with E-state index in [2.05, 4.69) is 34.9 Å². The van der Waals surface area contributed by atoms with E-state index in [9.17, 15) is 0 Å². The van der Waals surface area contributed by atoms with Gasteiger partial charge in [0.05, 0.1) is 12.0 Å². The summed E-state index contributed by atoms with van der Waals surface area (Å²) in [4.78, 5) is 4.37. The summed E-state index contributed by atoms with van der Waals surface area (Å²) in [5, 5.41) is 3.71. The highest BCUT2D eigenvalue weighted by Crippen LogP contribution is 2.39. The molecule has 0 radical (unpaired) electrons. The molecule has 1 saturated heterocycles. The molecule has 1 aromatic rings. The Balaban J connectivity index is 1.76. The van der Waals surface area contributed by atoms with Gasteiger partial charge in [-0.25, -0.2) is 4.98 Å². The van der Waals surface area contributed by atoms with Crippen LogP contribution in [0.4, 0.5) is 0 Å². The molecule has 1 saturated carbocycles. The molecule has 1 N–H and O–H groups in total. The number of imidazole rings is 1. The molecule has 2 fully saturated rings. The number of hydrogen-bond donors (Lipinski definition) is 1. The van der Waals surface area contributed by atoms with E-state index < -0.39 is 0 Å². The van der Waals surface area contributed by atoms with E-state index in [0.717, 1.165) is 5.92 Å². The van der Waals surface area contributed by atoms with E-state index in [0.29, 0.717) is 18.1 Å². The molecule has 3 heteroatoms. The van der Waals surface area contributed by atoms with Crippen molar-refractivity contribution in [2.75, 3.05) is 0 Å². The molecular formula is C14H23N3. The van der Waals surface area contributed by atoms with Gasteiger partial charge in [0.1, 0.15) is 0 Å². The van der Waals surface area contributed by atoms with Gasteiger partial charge in [0.15, 0.2) is 0 Å². The summed E-state index contributed by atoms with van der Waals surface area (Å²) in [6.45, 7) is 4.63. The Morgan fingerprint density at radius 2 is 2.12 bits per heavy atom. The maximum absolute atomic E-state index is 4.37. The monoisotopic (exact) mass is 233 g/mol. The molecule has 1 aliphatic carbocycles. The van der Waals surface area contributed by atoms with Crippen LogP contribution in [0.3, 0.4) is 0 Å². The minimum absolute atomic E-state index is 0.525. The second-order valence-corrected chi connectivity index (χ2v) is 6.01. The van der Waals surface area contributed by atoms with Gasteiger partial charge in [-0.3, -0.25) is 0 Å². The normalized spacial score (nSPS) is 37.8. The molecule has 2 aliphatic rings. The number of hydrogen-bond acceptors (Lipinski definition) is 2. The Morgan fingerprint density at radius 1 is 1.29 bits per heavy atom. The third kappa shape index (κ3) is 2.13. The van der Waals surface area contributed by atoms with Crippen LogP contribution in [0, 0.1) is 5.92 Å². The first-order valence-electron chi connectivity index (χ1n) is 7.02. The van der Waals surface area contributed by atoms with Gasteiger partial charge in [-0.2, -0.15) is 0 Å². The van der Waals surface area contributed by atoms with Crippen LogP contribution in [0.15, 0.2) is 12.5 Å². The molecule has 0 bridgehead atoms. The fraction of sp³-hybridized carbons (Fsp3) is 0.786. The molecule has 0 spiro atoms. The van der Waals surface area contributed by atoms with Crippen molar-refractivity contribution >= 4 is 0 Å². The van der Waals surface area contributed by atoms with Crippen LogP contribution >= 0.6 is 0 Å². The van der Waals surface area contributed by atoms with Gasteiger partial charge < -0.3 is 9.88 Å². The van der Waals surface area contributed by atoms with Crippen molar-refractivity contribution in [1.29, 1.82) is 0 Å². The lowest BCUT2D eigenvalue weighted by Crippen LogP contribution is -2.37. The SMILES string of the molecule is CC1CC(n2cncc2C2CCCC(C)N2)C1. The predicted octanol–water partition coefficient (Wildman–Crippen LogP) is 3.06. The predicted molar refractivity (Wildman–Crippen MR) is 68.9 cm³/mol. The van der Waals surface area contributed by atoms with E-state index in [1.165, 1.54) is 37.8 Å². The zero-order valence-electron chi connectivity index (χ0n) is 10.9. The molecule has 0 aromatic carbocycles. The number of piperidine rings is 1. The maximum atomic E-state index is 4.37. The molecule has 94 valence electrons. The number of rotatable bonds is 2. The maximum Gasteiger partial charge on any atom is 0.0951 e. The van der Waals surface area contributed by atoms with Crippen LogP contribution in [0.25, 0.3) is 0 Å². The second kappa shape index (κ2) is 4.45. The molecule has 17 heavy (non-hydrogen) atoms. The van der Waals surface area contributed by atoms with Crippen molar-refractivity contribution < 1.29 is 0 Å². The summed E-state index contributed by atoms with van der Waals surface area (Å²) in [6.07, 6.45) is 10.7. The summed E-state index contributed by atoms with van der Waals surface area (Å²) in [7, 11) is 0. The molecule has 2 atom stereocenters. The fourth-order valence-electron chi connectivity index (χ4n) is 3.35. The standard InChI is InChI=1S/C14H23N3/c1-10-6-12(7-10)17-9-15-8-14(17)13-5-3-4-11(2)16-13/h8-13,16H,3-7H2,1-2H3. The van der Waals surface area contributed by atoms with Gasteiger partial charge >= 0.3 is 0 Å². The number of nitrogens with one attached hydrogen (secondary N) is 1. The largest absolute Gasteiger partial charge is 0.330 e. The highest BCUT2D eigenvalue weighted by Gasteiger charge is 2.30. The Labute approximate surface area is 104 Å². The molecule has 3 rings (SSSR count). The van der Waals surface area contributed by atoms with Crippen LogP contribution < -0.4 is 5.32 Å². The van der Waals surface area contributed by atoms with Crippen molar-refractivity contribution in [3.63, 3.8) is 0 Å². The lowest BCUT2D eigenvalue weighted by atomic mass is 9.81. The van der Waals surface area contributed by atoms with E-state index in [1.807, 2.05) is 6.33 Å². The van der Waals surface area contributed by atoms with Crippen molar-refractivity contribution in [2.45, 2.75) is 64.1 Å². The van der Waals surface area contributed by atoms with Gasteiger partial charge in [0.25, 0.3) is 0 Å². The van der Waals surface area contributed by atoms with Crippen molar-refractivity contribution in [3.05, 3.63) is 18.2 Å². The molecule has 3 nitrogen and oxygen atoms in total.